The van der Waals surface area contributed by atoms with E-state index < -0.39 is 46.9 Å². The number of alkyl halides is 6. The van der Waals surface area contributed by atoms with Crippen molar-refractivity contribution in [1.82, 2.24) is 24.8 Å². The number of carbonyl (C=O) groups is 2. The van der Waals surface area contributed by atoms with E-state index in [1.807, 2.05) is 15.5 Å². The Labute approximate surface area is 314 Å². The van der Waals surface area contributed by atoms with Gasteiger partial charge in [-0.3, -0.25) is 9.69 Å². The maximum absolute atomic E-state index is 14.8. The van der Waals surface area contributed by atoms with Gasteiger partial charge in [0.1, 0.15) is 17.5 Å². The maximum atomic E-state index is 14.8. The summed E-state index contributed by atoms with van der Waals surface area (Å²) in [6.07, 6.45) is 4.55. The monoisotopic (exact) mass is 773 g/mol. The molecule has 2 aromatic heterocycles. The van der Waals surface area contributed by atoms with Crippen molar-refractivity contribution in [2.45, 2.75) is 125 Å². The summed E-state index contributed by atoms with van der Waals surface area (Å²) in [7, 11) is 0. The van der Waals surface area contributed by atoms with E-state index in [9.17, 15) is 41.0 Å². The molecule has 1 aromatic carbocycles. The average Bonchev–Trinajstić information content (AvgIpc) is 3.50. The first-order valence-corrected chi connectivity index (χ1v) is 19.7. The number of likely N-dealkylation sites (tertiary alicyclic amines) is 1. The molecule has 55 heavy (non-hydrogen) atoms. The summed E-state index contributed by atoms with van der Waals surface area (Å²) in [4.78, 5) is 36.7. The van der Waals surface area contributed by atoms with Crippen LogP contribution in [-0.2, 0) is 11.0 Å². The van der Waals surface area contributed by atoms with Gasteiger partial charge in [0.05, 0.1) is 30.3 Å². The minimum Gasteiger partial charge on any atom is -0.490 e. The Bertz CT molecular complexity index is 1950. The third kappa shape index (κ3) is 6.55. The lowest BCUT2D eigenvalue weighted by atomic mass is 9.48. The minimum absolute atomic E-state index is 0.0992. The van der Waals surface area contributed by atoms with Gasteiger partial charge < -0.3 is 19.7 Å². The Kier molecular flexibility index (Phi) is 8.93. The van der Waals surface area contributed by atoms with E-state index in [2.05, 4.69) is 15.3 Å². The van der Waals surface area contributed by atoms with Gasteiger partial charge in [-0.25, -0.2) is 27.9 Å². The zero-order valence-corrected chi connectivity index (χ0v) is 30.3. The lowest BCUT2D eigenvalue weighted by molar-refractivity contribution is -0.163. The minimum atomic E-state index is -5.06. The van der Waals surface area contributed by atoms with Crippen LogP contribution < -0.4 is 10.1 Å². The summed E-state index contributed by atoms with van der Waals surface area (Å²) in [5.74, 6) is -4.67. The second-order valence-electron chi connectivity index (χ2n) is 17.2. The van der Waals surface area contributed by atoms with Gasteiger partial charge in [-0.2, -0.15) is 13.2 Å². The fourth-order valence-corrected chi connectivity index (χ4v) is 11.3. The highest BCUT2D eigenvalue weighted by Crippen LogP contribution is 2.58. The van der Waals surface area contributed by atoms with Gasteiger partial charge >= 0.3 is 12.1 Å². The van der Waals surface area contributed by atoms with E-state index in [4.69, 9.17) is 4.74 Å². The molecule has 1 saturated heterocycles. The van der Waals surface area contributed by atoms with Crippen LogP contribution >= 0.6 is 0 Å². The number of aromatic nitrogens is 3. The normalized spacial score (nSPS) is 34.4. The number of nitrogens with one attached hydrogen (secondary N) is 1. The number of fused-ring (bicyclic) bond motifs is 1. The molecule has 3 aromatic rings. The van der Waals surface area contributed by atoms with Gasteiger partial charge in [0.25, 0.3) is 11.8 Å². The van der Waals surface area contributed by atoms with Crippen LogP contribution in [0.1, 0.15) is 106 Å². The van der Waals surface area contributed by atoms with Crippen molar-refractivity contribution in [3.05, 3.63) is 41.9 Å². The fourth-order valence-electron chi connectivity index (χ4n) is 11.3. The van der Waals surface area contributed by atoms with Gasteiger partial charge in [-0.05, 0) is 119 Å². The second kappa shape index (κ2) is 13.4. The van der Waals surface area contributed by atoms with Crippen molar-refractivity contribution in [1.29, 1.82) is 0 Å². The van der Waals surface area contributed by atoms with Crippen molar-refractivity contribution in [2.75, 3.05) is 13.1 Å². The van der Waals surface area contributed by atoms with Crippen LogP contribution in [0.3, 0.4) is 0 Å². The number of benzene rings is 1. The highest BCUT2D eigenvalue weighted by molar-refractivity contribution is 6.00. The Morgan fingerprint density at radius 1 is 0.891 bits per heavy atom. The van der Waals surface area contributed by atoms with Crippen molar-refractivity contribution in [3.8, 4) is 17.1 Å². The number of halogens is 6. The number of carbonyl (C=O) groups excluding carboxylic acids is 1. The van der Waals surface area contributed by atoms with Crippen LogP contribution in [0.15, 0.2) is 30.6 Å². The van der Waals surface area contributed by atoms with E-state index in [-0.39, 0.29) is 48.9 Å². The zero-order valence-electron chi connectivity index (χ0n) is 30.3. The summed E-state index contributed by atoms with van der Waals surface area (Å²) < 4.78 is 93.8. The van der Waals surface area contributed by atoms with Crippen LogP contribution in [-0.4, -0.2) is 79.3 Å². The van der Waals surface area contributed by atoms with Crippen LogP contribution in [0.5, 0.6) is 5.75 Å². The van der Waals surface area contributed by atoms with Crippen LogP contribution in [0, 0.1) is 23.7 Å². The Hall–Kier alpha value is -3.88. The lowest BCUT2D eigenvalue weighted by Gasteiger charge is -2.59. The zero-order chi connectivity index (χ0) is 38.4. The molecule has 0 radical (unpaired) electrons. The smallest absolute Gasteiger partial charge is 0.434 e. The van der Waals surface area contributed by atoms with Crippen LogP contribution in [0.4, 0.5) is 26.3 Å². The molecule has 1 amide bonds. The number of carboxylic acids is 1. The van der Waals surface area contributed by atoms with Gasteiger partial charge in [0.2, 0.25) is 0 Å². The van der Waals surface area contributed by atoms with E-state index in [0.717, 1.165) is 25.5 Å². The van der Waals surface area contributed by atoms with Gasteiger partial charge in [-0.15, -0.1) is 0 Å². The molecule has 2 N–H and O–H groups in total. The highest BCUT2D eigenvalue weighted by atomic mass is 19.4. The van der Waals surface area contributed by atoms with Crippen LogP contribution in [0.2, 0.25) is 0 Å². The van der Waals surface area contributed by atoms with Gasteiger partial charge in [0, 0.05) is 41.5 Å². The van der Waals surface area contributed by atoms with Crippen LogP contribution in [0.25, 0.3) is 22.3 Å². The SMILES string of the molecule is O=C(NC1(C(=O)O)C2CC3CC(C2)CC1C3)c1cnc(-c2cn(C3CCC(F)CC3)c3cc(O[C@H]4CC[C@H](N5CC(F)(F)C5)CC4)ccc23)nc1C(F)(F)F. The van der Waals surface area contributed by atoms with Crippen molar-refractivity contribution in [3.63, 3.8) is 0 Å². The number of carboxylic acid groups (broad SMARTS) is 1. The molecule has 10 rings (SSSR count). The standard InChI is InChI=1S/C40H45F6N5O4/c41-25-1-3-27(4-2-25)51-18-32(30-10-9-29(16-33(30)51)55-28-7-5-26(6-8-28)50-19-38(42,43)20-50)35-47-17-31(34(48-35)40(44,45)46)36(52)49-39(37(53)54)23-12-21-11-22(14-23)15-24(39)13-21/h9-10,16-18,21-28H,1-8,11-15,19-20H2,(H,49,52)(H,53,54)/t21?,22?,23?,24?,25?,26-,27?,28-,39?. The fraction of sp³-hybridized carbons (Fsp3) is 0.650. The number of ether oxygens (including phenoxy) is 1. The summed E-state index contributed by atoms with van der Waals surface area (Å²) in [6, 6.07) is 5.27. The lowest BCUT2D eigenvalue weighted by Crippen LogP contribution is -2.70. The maximum Gasteiger partial charge on any atom is 0.434 e. The average molecular weight is 774 g/mol. The summed E-state index contributed by atoms with van der Waals surface area (Å²) >= 11 is 0. The number of nitrogens with zero attached hydrogens (tertiary/aromatic N) is 4. The van der Waals surface area contributed by atoms with Crippen molar-refractivity contribution < 1.29 is 45.8 Å². The molecule has 0 spiro atoms. The molecular formula is C40H45F6N5O4. The van der Waals surface area contributed by atoms with E-state index in [1.165, 1.54) is 0 Å². The van der Waals surface area contributed by atoms with Gasteiger partial charge in [0.15, 0.2) is 11.5 Å². The molecule has 15 heteroatoms. The molecule has 1 aliphatic heterocycles. The third-order valence-electron chi connectivity index (χ3n) is 13.8. The highest BCUT2D eigenvalue weighted by Gasteiger charge is 2.62. The molecule has 6 aliphatic carbocycles. The predicted molar refractivity (Wildman–Crippen MR) is 188 cm³/mol. The number of rotatable bonds is 8. The summed E-state index contributed by atoms with van der Waals surface area (Å²) in [5, 5.41) is 13.6. The number of amides is 1. The molecule has 7 aliphatic rings. The predicted octanol–water partition coefficient (Wildman–Crippen LogP) is 8.22. The molecule has 0 atom stereocenters. The van der Waals surface area contributed by atoms with Gasteiger partial charge in [-0.1, -0.05) is 0 Å². The Morgan fingerprint density at radius 3 is 2.13 bits per heavy atom. The summed E-state index contributed by atoms with van der Waals surface area (Å²) in [6.45, 7) is -0.416. The first-order chi connectivity index (χ1) is 26.2. The van der Waals surface area contributed by atoms with Crippen molar-refractivity contribution in [2.24, 2.45) is 23.7 Å². The number of hydrogen-bond donors (Lipinski definition) is 2. The molecule has 0 unspecified atom stereocenters. The molecular weight excluding hydrogens is 728 g/mol. The van der Waals surface area contributed by atoms with E-state index in [0.29, 0.717) is 98.3 Å². The first-order valence-electron chi connectivity index (χ1n) is 19.7. The quantitative estimate of drug-likeness (QED) is 0.222. The summed E-state index contributed by atoms with van der Waals surface area (Å²) in [5.41, 5.74) is -2.96. The molecule has 296 valence electrons. The number of hydrogen-bond acceptors (Lipinski definition) is 6. The first kappa shape index (κ1) is 36.7. The third-order valence-corrected chi connectivity index (χ3v) is 13.8. The van der Waals surface area contributed by atoms with Crippen molar-refractivity contribution >= 4 is 22.8 Å². The largest absolute Gasteiger partial charge is 0.490 e. The number of aliphatic carboxylic acids is 1. The van der Waals surface area contributed by atoms with E-state index >= 15 is 0 Å². The molecule has 4 bridgehead atoms. The Balaban J connectivity index is 1.01. The van der Waals surface area contributed by atoms with E-state index in [1.54, 1.807) is 18.3 Å². The Morgan fingerprint density at radius 2 is 1.53 bits per heavy atom. The molecule has 9 nitrogen and oxygen atoms in total. The molecule has 3 heterocycles. The topological polar surface area (TPSA) is 110 Å². The second-order valence-corrected chi connectivity index (χ2v) is 17.2. The molecule has 7 fully saturated rings. The molecule has 6 saturated carbocycles.